The Morgan fingerprint density at radius 2 is 0.895 bits per heavy atom. The minimum Gasteiger partial charge on any atom is -0.424 e. The molecule has 6 nitrogen and oxygen atoms in total. The highest BCUT2D eigenvalue weighted by Crippen LogP contribution is 2.33. The van der Waals surface area contributed by atoms with Gasteiger partial charge in [-0.15, -0.1) is 10.2 Å². The van der Waals surface area contributed by atoms with Crippen molar-refractivity contribution in [1.82, 2.24) is 0 Å². The van der Waals surface area contributed by atoms with E-state index in [0.717, 1.165) is 11.1 Å². The average molecular weight is 507 g/mol. The maximum absolute atomic E-state index is 12.6. The van der Waals surface area contributed by atoms with Crippen molar-refractivity contribution < 1.29 is 19.1 Å². The Bertz CT molecular complexity index is 1280. The summed E-state index contributed by atoms with van der Waals surface area (Å²) in [7, 11) is 0. The van der Waals surface area contributed by atoms with Crippen molar-refractivity contribution in [1.29, 1.82) is 0 Å². The molecule has 4 aromatic carbocycles. The molecule has 0 N–H and O–H groups in total. The molecule has 0 fully saturated rings. The number of benzene rings is 4. The van der Waals surface area contributed by atoms with Gasteiger partial charge < -0.3 is 9.47 Å². The number of ether oxygens (including phenoxy) is 2. The van der Waals surface area contributed by atoms with Crippen LogP contribution in [0.2, 0.25) is 0 Å². The molecule has 0 spiro atoms. The second kappa shape index (κ2) is 13.1. The van der Waals surface area contributed by atoms with Gasteiger partial charge in [-0.3, -0.25) is 9.59 Å². The highest BCUT2D eigenvalue weighted by Gasteiger charge is 2.16. The summed E-state index contributed by atoms with van der Waals surface area (Å²) in [4.78, 5) is 25.3. The van der Waals surface area contributed by atoms with Gasteiger partial charge in [0, 0.05) is 0 Å². The van der Waals surface area contributed by atoms with Crippen LogP contribution >= 0.6 is 0 Å². The Labute approximate surface area is 223 Å². The number of esters is 2. The van der Waals surface area contributed by atoms with Crippen LogP contribution in [0.1, 0.15) is 49.7 Å². The summed E-state index contributed by atoms with van der Waals surface area (Å²) >= 11 is 0. The molecule has 0 saturated heterocycles. The van der Waals surface area contributed by atoms with E-state index in [1.165, 1.54) is 0 Å². The summed E-state index contributed by atoms with van der Waals surface area (Å²) < 4.78 is 11.3. The Balaban J connectivity index is 1.42. The summed E-state index contributed by atoms with van der Waals surface area (Å²) in [5.41, 5.74) is 2.93. The normalized spacial score (nSPS) is 12.6. The van der Waals surface area contributed by atoms with Crippen molar-refractivity contribution in [3.63, 3.8) is 0 Å². The van der Waals surface area contributed by atoms with E-state index in [1.54, 1.807) is 48.5 Å². The third-order valence-corrected chi connectivity index (χ3v) is 6.13. The third-order valence-electron chi connectivity index (χ3n) is 6.13. The fraction of sp³-hybridized carbons (Fsp3) is 0.188. The number of azo groups is 1. The number of carbonyl (C=O) groups is 2. The number of hydrogen-bond donors (Lipinski definition) is 0. The van der Waals surface area contributed by atoms with Crippen LogP contribution in [-0.4, -0.2) is 11.9 Å². The van der Waals surface area contributed by atoms with Crippen LogP contribution in [-0.2, 0) is 9.59 Å². The van der Waals surface area contributed by atoms with Crippen LogP contribution in [0.4, 0.5) is 11.4 Å². The smallest absolute Gasteiger partial charge is 0.311 e. The van der Waals surface area contributed by atoms with E-state index in [-0.39, 0.29) is 36.6 Å². The number of hydrogen-bond acceptors (Lipinski definition) is 6. The fourth-order valence-corrected chi connectivity index (χ4v) is 3.99. The van der Waals surface area contributed by atoms with Crippen LogP contribution in [0.3, 0.4) is 0 Å². The molecular formula is C32H30N2O4. The maximum Gasteiger partial charge on any atom is 0.311 e. The Morgan fingerprint density at radius 3 is 1.29 bits per heavy atom. The summed E-state index contributed by atoms with van der Waals surface area (Å²) in [6.45, 7) is 3.97. The Kier molecular flexibility index (Phi) is 9.13. The molecule has 4 rings (SSSR count). The summed E-state index contributed by atoms with van der Waals surface area (Å²) in [5.74, 6) is -0.0515. The first kappa shape index (κ1) is 26.5. The fourth-order valence-electron chi connectivity index (χ4n) is 3.99. The van der Waals surface area contributed by atoms with Crippen LogP contribution in [0.25, 0.3) is 0 Å². The van der Waals surface area contributed by atoms with Gasteiger partial charge in [0.2, 0.25) is 0 Å². The zero-order valence-corrected chi connectivity index (χ0v) is 21.5. The second-order valence-electron chi connectivity index (χ2n) is 9.12. The molecule has 1 unspecified atom stereocenters. The van der Waals surface area contributed by atoms with E-state index < -0.39 is 0 Å². The third kappa shape index (κ3) is 7.46. The minimum atomic E-state index is -0.356. The van der Waals surface area contributed by atoms with Crippen LogP contribution < -0.4 is 9.47 Å². The first-order valence-electron chi connectivity index (χ1n) is 12.6. The largest absolute Gasteiger partial charge is 0.424 e. The van der Waals surface area contributed by atoms with Gasteiger partial charge in [0.1, 0.15) is 11.4 Å². The monoisotopic (exact) mass is 506 g/mol. The number of nitrogens with zero attached hydrogens (tertiary/aromatic N) is 2. The minimum absolute atomic E-state index is 0.0173. The predicted molar refractivity (Wildman–Crippen MR) is 147 cm³/mol. The zero-order chi connectivity index (χ0) is 26.7. The van der Waals surface area contributed by atoms with Gasteiger partial charge in [0.05, 0.1) is 12.8 Å². The van der Waals surface area contributed by atoms with E-state index in [9.17, 15) is 9.59 Å². The molecule has 4 aromatic rings. The van der Waals surface area contributed by atoms with E-state index >= 15 is 0 Å². The molecule has 2 atom stereocenters. The molecule has 0 heterocycles. The summed E-state index contributed by atoms with van der Waals surface area (Å²) in [5, 5.41) is 8.60. The molecule has 6 heteroatoms. The summed E-state index contributed by atoms with van der Waals surface area (Å²) in [6.07, 6.45) is 0.464. The van der Waals surface area contributed by atoms with Gasteiger partial charge in [0.15, 0.2) is 11.5 Å². The van der Waals surface area contributed by atoms with Crippen LogP contribution in [0.5, 0.6) is 11.5 Å². The van der Waals surface area contributed by atoms with Crippen molar-refractivity contribution in [3.8, 4) is 11.5 Å². The lowest BCUT2D eigenvalue weighted by Crippen LogP contribution is -2.11. The molecule has 38 heavy (non-hydrogen) atoms. The maximum atomic E-state index is 12.6. The van der Waals surface area contributed by atoms with Crippen LogP contribution in [0.15, 0.2) is 119 Å². The van der Waals surface area contributed by atoms with E-state index in [0.29, 0.717) is 22.9 Å². The summed E-state index contributed by atoms with van der Waals surface area (Å²) in [6, 6.07) is 33.6. The van der Waals surface area contributed by atoms with E-state index in [4.69, 9.17) is 9.47 Å². The van der Waals surface area contributed by atoms with Gasteiger partial charge in [-0.1, -0.05) is 98.8 Å². The Morgan fingerprint density at radius 1 is 0.553 bits per heavy atom. The van der Waals surface area contributed by atoms with Gasteiger partial charge in [0.25, 0.3) is 0 Å². The SMILES string of the molecule is CC(CC(=O)Oc1ccccc1/N=N/c1ccccc1OC(=O)C[C@@H](C)c1ccccc1)c1ccccc1. The molecular weight excluding hydrogens is 476 g/mol. The second-order valence-corrected chi connectivity index (χ2v) is 9.12. The molecule has 0 aliphatic carbocycles. The zero-order valence-electron chi connectivity index (χ0n) is 21.5. The van der Waals surface area contributed by atoms with E-state index in [2.05, 4.69) is 10.2 Å². The van der Waals surface area contributed by atoms with Crippen molar-refractivity contribution in [2.45, 2.75) is 38.5 Å². The van der Waals surface area contributed by atoms with Gasteiger partial charge in [-0.2, -0.15) is 0 Å². The highest BCUT2D eigenvalue weighted by molar-refractivity contribution is 5.76. The average Bonchev–Trinajstić information content (AvgIpc) is 2.94. The Hall–Kier alpha value is -4.58. The van der Waals surface area contributed by atoms with Crippen molar-refractivity contribution in [3.05, 3.63) is 120 Å². The molecule has 192 valence electrons. The number of rotatable bonds is 10. The van der Waals surface area contributed by atoms with E-state index in [1.807, 2.05) is 74.5 Å². The first-order valence-corrected chi connectivity index (χ1v) is 12.6. The molecule has 0 radical (unpaired) electrons. The van der Waals surface area contributed by atoms with Crippen LogP contribution in [0, 0.1) is 0 Å². The molecule has 0 saturated carbocycles. The highest BCUT2D eigenvalue weighted by atomic mass is 16.5. The van der Waals surface area contributed by atoms with Gasteiger partial charge >= 0.3 is 11.9 Å². The van der Waals surface area contributed by atoms with Gasteiger partial charge in [-0.05, 0) is 47.2 Å². The van der Waals surface area contributed by atoms with Crippen molar-refractivity contribution in [2.24, 2.45) is 10.2 Å². The topological polar surface area (TPSA) is 77.3 Å². The lowest BCUT2D eigenvalue weighted by molar-refractivity contribution is -0.135. The number of carbonyl (C=O) groups excluding carboxylic acids is 2. The first-order chi connectivity index (χ1) is 18.5. The molecule has 0 amide bonds. The quantitative estimate of drug-likeness (QED) is 0.123. The van der Waals surface area contributed by atoms with Gasteiger partial charge in [-0.25, -0.2) is 0 Å². The standard InChI is InChI=1S/C32H30N2O4/c1-23(25-13-5-3-6-14-25)21-31(35)37-29-19-11-9-17-27(29)33-34-28-18-10-12-20-30(28)38-32(36)22-24(2)26-15-7-4-8-16-26/h3-20,23-24H,21-22H2,1-2H3/b34-33+/t23-,24?/m1/s1. The van der Waals surface area contributed by atoms with Crippen molar-refractivity contribution >= 4 is 23.3 Å². The molecule has 0 aliphatic rings. The lowest BCUT2D eigenvalue weighted by atomic mass is 9.98. The predicted octanol–water partition coefficient (Wildman–Crippen LogP) is 8.30. The number of para-hydroxylation sites is 2. The molecule has 0 aromatic heterocycles. The molecule has 0 aliphatic heterocycles. The lowest BCUT2D eigenvalue weighted by Gasteiger charge is -2.12. The molecule has 0 bridgehead atoms. The van der Waals surface area contributed by atoms with Crippen molar-refractivity contribution in [2.75, 3.05) is 0 Å².